The molecule has 3 aliphatic rings. The molecule has 3 fully saturated rings. The number of sulfonamides is 2. The highest BCUT2D eigenvalue weighted by Crippen LogP contribution is 2.42. The summed E-state index contributed by atoms with van der Waals surface area (Å²) in [5.41, 5.74) is 0.370. The second-order valence-corrected chi connectivity index (χ2v) is 13.7. The number of fused-ring (bicyclic) bond motifs is 1. The van der Waals surface area contributed by atoms with E-state index in [-0.39, 0.29) is 36.2 Å². The van der Waals surface area contributed by atoms with Crippen molar-refractivity contribution in [3.63, 3.8) is 0 Å². The molecule has 1 aromatic rings. The Labute approximate surface area is 226 Å². The van der Waals surface area contributed by atoms with E-state index < -0.39 is 44.0 Å². The Morgan fingerprint density at radius 3 is 2.27 bits per heavy atom. The number of hydrogen-bond donors (Lipinski definition) is 1. The van der Waals surface area contributed by atoms with E-state index in [0.29, 0.717) is 24.9 Å². The molecule has 0 spiro atoms. The first-order valence-electron chi connectivity index (χ1n) is 12.7. The molecule has 37 heavy (non-hydrogen) atoms. The van der Waals surface area contributed by atoms with Crippen molar-refractivity contribution >= 4 is 44.3 Å². The lowest BCUT2D eigenvalue weighted by molar-refractivity contribution is -0.128. The molecule has 3 atom stereocenters. The smallest absolute Gasteiger partial charge is 0.251 e. The summed E-state index contributed by atoms with van der Waals surface area (Å²) >= 11 is 0. The minimum atomic E-state index is -3.99. The van der Waals surface area contributed by atoms with Gasteiger partial charge >= 0.3 is 0 Å². The molecule has 0 aliphatic carbocycles. The molecule has 0 saturated carbocycles. The number of hydrogen-bond acceptors (Lipinski definition) is 7. The van der Waals surface area contributed by atoms with Crippen LogP contribution < -0.4 is 5.32 Å². The Hall–Kier alpha value is -1.73. The van der Waals surface area contributed by atoms with Gasteiger partial charge in [-0.05, 0) is 63.0 Å². The van der Waals surface area contributed by atoms with E-state index in [1.165, 1.54) is 47.8 Å². The van der Waals surface area contributed by atoms with Gasteiger partial charge in [0.15, 0.2) is 0 Å². The van der Waals surface area contributed by atoms with Crippen molar-refractivity contribution in [1.82, 2.24) is 18.8 Å². The molecular weight excluding hydrogens is 540 g/mol. The van der Waals surface area contributed by atoms with Crippen LogP contribution in [0.5, 0.6) is 0 Å². The summed E-state index contributed by atoms with van der Waals surface area (Å²) in [5.74, 6) is -1.48. The lowest BCUT2D eigenvalue weighted by atomic mass is 9.95. The van der Waals surface area contributed by atoms with Crippen LogP contribution in [0.15, 0.2) is 29.2 Å². The van der Waals surface area contributed by atoms with Crippen molar-refractivity contribution in [2.45, 2.75) is 62.4 Å². The molecule has 0 aromatic heterocycles. The molecule has 1 N–H and O–H groups in total. The Morgan fingerprint density at radius 2 is 1.68 bits per heavy atom. The van der Waals surface area contributed by atoms with Gasteiger partial charge in [0.2, 0.25) is 26.0 Å². The van der Waals surface area contributed by atoms with E-state index in [9.17, 15) is 26.4 Å². The minimum absolute atomic E-state index is 0. The van der Waals surface area contributed by atoms with Crippen LogP contribution in [0.1, 0.15) is 55.8 Å². The minimum Gasteiger partial charge on any atom is -0.351 e. The van der Waals surface area contributed by atoms with E-state index in [2.05, 4.69) is 10.2 Å². The Morgan fingerprint density at radius 1 is 1.03 bits per heavy atom. The number of rotatable bonds is 9. The summed E-state index contributed by atoms with van der Waals surface area (Å²) in [7, 11) is -7.80. The summed E-state index contributed by atoms with van der Waals surface area (Å²) in [6.07, 6.45) is 5.91. The van der Waals surface area contributed by atoms with Crippen LogP contribution in [-0.2, 0) is 24.8 Å². The van der Waals surface area contributed by atoms with Gasteiger partial charge in [-0.2, -0.15) is 4.31 Å². The monoisotopic (exact) mass is 576 g/mol. The number of carbonyl (C=O) groups is 2. The standard InChI is InChI=1S/C24H36N4O6S2.ClH/c1-3-7-20-22-21(28(24(20)30)35(2,31)32)12-16-27(22)36(33,34)19-10-8-18(9-11-19)23(29)25-13-17-26-14-5-4-6-15-26;/h8-11,20-22H,3-7,12-17H2,1-2H3,(H,25,29);1H/t20-,21+,22-;/m1./s1. The topological polar surface area (TPSA) is 124 Å². The summed E-state index contributed by atoms with van der Waals surface area (Å²) < 4.78 is 53.9. The molecule has 208 valence electrons. The maximum Gasteiger partial charge on any atom is 0.251 e. The molecule has 3 aliphatic heterocycles. The number of piperidine rings is 1. The van der Waals surface area contributed by atoms with Crippen LogP contribution in [0.2, 0.25) is 0 Å². The van der Waals surface area contributed by atoms with E-state index in [0.717, 1.165) is 30.2 Å². The van der Waals surface area contributed by atoms with Gasteiger partial charge in [0.1, 0.15) is 0 Å². The van der Waals surface area contributed by atoms with E-state index in [1.54, 1.807) is 0 Å². The normalized spacial score (nSPS) is 25.1. The second kappa shape index (κ2) is 12.0. The zero-order valence-electron chi connectivity index (χ0n) is 21.3. The van der Waals surface area contributed by atoms with Gasteiger partial charge in [-0.25, -0.2) is 21.1 Å². The SMILES string of the molecule is CCC[C@H]1C(=O)N(S(C)(=O)=O)[C@H]2CCN(S(=O)(=O)c3ccc(C(=O)NCCN4CCCCC4)cc3)[C@H]12.Cl. The van der Waals surface area contributed by atoms with Gasteiger partial charge in [-0.15, -0.1) is 12.4 Å². The Bertz CT molecular complexity index is 1190. The second-order valence-electron chi connectivity index (χ2n) is 9.94. The first-order chi connectivity index (χ1) is 17.1. The average Bonchev–Trinajstić information content (AvgIpc) is 3.38. The van der Waals surface area contributed by atoms with Crippen molar-refractivity contribution in [2.24, 2.45) is 5.92 Å². The van der Waals surface area contributed by atoms with Gasteiger partial charge in [0.25, 0.3) is 5.91 Å². The zero-order chi connectivity index (χ0) is 26.1. The van der Waals surface area contributed by atoms with Crippen molar-refractivity contribution in [1.29, 1.82) is 0 Å². The molecule has 3 saturated heterocycles. The summed E-state index contributed by atoms with van der Waals surface area (Å²) in [4.78, 5) is 27.8. The van der Waals surface area contributed by atoms with Crippen molar-refractivity contribution < 1.29 is 26.4 Å². The van der Waals surface area contributed by atoms with Crippen LogP contribution in [0.25, 0.3) is 0 Å². The first-order valence-corrected chi connectivity index (χ1v) is 16.0. The molecule has 0 unspecified atom stereocenters. The summed E-state index contributed by atoms with van der Waals surface area (Å²) in [6, 6.07) is 4.37. The highest BCUT2D eigenvalue weighted by Gasteiger charge is 2.58. The van der Waals surface area contributed by atoms with E-state index >= 15 is 0 Å². The Kier molecular flexibility index (Phi) is 9.66. The molecule has 3 heterocycles. The van der Waals surface area contributed by atoms with Gasteiger partial charge in [0, 0.05) is 25.2 Å². The highest BCUT2D eigenvalue weighted by molar-refractivity contribution is 7.89. The Balaban J connectivity index is 0.00000380. The molecule has 10 nitrogen and oxygen atoms in total. The summed E-state index contributed by atoms with van der Waals surface area (Å²) in [6.45, 7) is 5.43. The largest absolute Gasteiger partial charge is 0.351 e. The van der Waals surface area contributed by atoms with E-state index in [1.807, 2.05) is 6.92 Å². The molecule has 1 aromatic carbocycles. The third kappa shape index (κ3) is 6.13. The van der Waals surface area contributed by atoms with Crippen LogP contribution in [0, 0.1) is 5.92 Å². The molecule has 4 rings (SSSR count). The molecule has 0 bridgehead atoms. The maximum atomic E-state index is 13.6. The average molecular weight is 577 g/mol. The maximum absolute atomic E-state index is 13.6. The van der Waals surface area contributed by atoms with Gasteiger partial charge in [-0.3, -0.25) is 9.59 Å². The quantitative estimate of drug-likeness (QED) is 0.474. The predicted octanol–water partition coefficient (Wildman–Crippen LogP) is 1.67. The van der Waals surface area contributed by atoms with Gasteiger partial charge in [-0.1, -0.05) is 19.8 Å². The molecule has 2 amide bonds. The number of likely N-dealkylation sites (tertiary alicyclic amines) is 1. The number of benzene rings is 1. The predicted molar refractivity (Wildman–Crippen MR) is 142 cm³/mol. The van der Waals surface area contributed by atoms with Crippen molar-refractivity contribution in [3.8, 4) is 0 Å². The molecular formula is C24H37ClN4O6S2. The third-order valence-corrected chi connectivity index (χ3v) is 10.5. The highest BCUT2D eigenvalue weighted by atomic mass is 35.5. The zero-order valence-corrected chi connectivity index (χ0v) is 23.8. The van der Waals surface area contributed by atoms with Crippen LogP contribution in [-0.4, -0.2) is 93.2 Å². The van der Waals surface area contributed by atoms with Crippen molar-refractivity contribution in [2.75, 3.05) is 39.0 Å². The van der Waals surface area contributed by atoms with E-state index in [4.69, 9.17) is 0 Å². The fourth-order valence-electron chi connectivity index (χ4n) is 5.79. The molecule has 0 radical (unpaired) electrons. The molecule has 13 heteroatoms. The fourth-order valence-corrected chi connectivity index (χ4v) is 8.68. The van der Waals surface area contributed by atoms with Crippen LogP contribution in [0.4, 0.5) is 0 Å². The fraction of sp³-hybridized carbons (Fsp3) is 0.667. The summed E-state index contributed by atoms with van der Waals surface area (Å²) in [5, 5.41) is 2.89. The lowest BCUT2D eigenvalue weighted by Gasteiger charge is -2.27. The number of nitrogens with one attached hydrogen (secondary N) is 1. The first kappa shape index (κ1) is 29.8. The van der Waals surface area contributed by atoms with Gasteiger partial charge in [0.05, 0.1) is 29.2 Å². The van der Waals surface area contributed by atoms with Crippen LogP contribution >= 0.6 is 12.4 Å². The van der Waals surface area contributed by atoms with Gasteiger partial charge < -0.3 is 10.2 Å². The van der Waals surface area contributed by atoms with Crippen molar-refractivity contribution in [3.05, 3.63) is 29.8 Å². The number of nitrogens with zero attached hydrogens (tertiary/aromatic N) is 3. The number of carbonyl (C=O) groups excluding carboxylic acids is 2. The van der Waals surface area contributed by atoms with Crippen LogP contribution in [0.3, 0.4) is 0 Å². The number of amides is 2. The number of halogens is 1. The lowest BCUT2D eigenvalue weighted by Crippen LogP contribution is -2.43. The third-order valence-electron chi connectivity index (χ3n) is 7.46.